The Morgan fingerprint density at radius 1 is 1.11 bits per heavy atom. The van der Waals surface area contributed by atoms with Crippen molar-refractivity contribution < 1.29 is 9.53 Å². The van der Waals surface area contributed by atoms with Gasteiger partial charge in [-0.1, -0.05) is 17.4 Å². The van der Waals surface area contributed by atoms with Crippen LogP contribution in [0.2, 0.25) is 0 Å². The summed E-state index contributed by atoms with van der Waals surface area (Å²) in [5.74, 6) is 0.986. The molecule has 0 atom stereocenters. The molecule has 142 valence electrons. The number of methoxy groups -OCH3 is 1. The number of amides is 1. The lowest BCUT2D eigenvalue weighted by atomic mass is 10.1. The molecule has 4 aromatic rings. The predicted molar refractivity (Wildman–Crippen MR) is 112 cm³/mol. The van der Waals surface area contributed by atoms with Gasteiger partial charge < -0.3 is 10.1 Å². The molecule has 7 heteroatoms. The van der Waals surface area contributed by atoms with Crippen molar-refractivity contribution in [2.24, 2.45) is 0 Å². The molecule has 0 saturated carbocycles. The summed E-state index contributed by atoms with van der Waals surface area (Å²) in [7, 11) is 1.58. The Balaban J connectivity index is 1.70. The molecule has 6 nitrogen and oxygen atoms in total. The first-order chi connectivity index (χ1) is 13.4. The smallest absolute Gasteiger partial charge is 0.256 e. The van der Waals surface area contributed by atoms with Gasteiger partial charge in [0.25, 0.3) is 5.91 Å². The largest absolute Gasteiger partial charge is 0.497 e. The van der Waals surface area contributed by atoms with E-state index in [0.717, 1.165) is 15.9 Å². The van der Waals surface area contributed by atoms with Crippen LogP contribution < -0.4 is 10.1 Å². The number of carbonyl (C=O) groups excluding carboxylic acids is 1. The third kappa shape index (κ3) is 3.36. The summed E-state index contributed by atoms with van der Waals surface area (Å²) in [6, 6.07) is 13.1. The van der Waals surface area contributed by atoms with Crippen molar-refractivity contribution in [3.05, 3.63) is 64.8 Å². The average Bonchev–Trinajstić information content (AvgIpc) is 3.24. The summed E-state index contributed by atoms with van der Waals surface area (Å²) in [5, 5.41) is 8.18. The molecule has 0 bridgehead atoms. The monoisotopic (exact) mass is 392 g/mol. The zero-order valence-electron chi connectivity index (χ0n) is 16.1. The number of thiazole rings is 1. The average molecular weight is 392 g/mol. The van der Waals surface area contributed by atoms with Crippen molar-refractivity contribution in [2.75, 3.05) is 12.4 Å². The van der Waals surface area contributed by atoms with E-state index >= 15 is 0 Å². The molecule has 0 aliphatic heterocycles. The molecule has 1 amide bonds. The molecule has 0 fully saturated rings. The van der Waals surface area contributed by atoms with Crippen LogP contribution in [0.4, 0.5) is 5.82 Å². The summed E-state index contributed by atoms with van der Waals surface area (Å²) >= 11 is 1.55. The highest BCUT2D eigenvalue weighted by Crippen LogP contribution is 2.29. The molecule has 2 aromatic carbocycles. The number of rotatable bonds is 4. The van der Waals surface area contributed by atoms with E-state index in [9.17, 15) is 4.79 Å². The van der Waals surface area contributed by atoms with Gasteiger partial charge in [-0.3, -0.25) is 4.79 Å². The van der Waals surface area contributed by atoms with E-state index in [1.165, 1.54) is 11.1 Å². The molecule has 2 aromatic heterocycles. The van der Waals surface area contributed by atoms with Gasteiger partial charge in [-0.15, -0.1) is 0 Å². The van der Waals surface area contributed by atoms with Crippen LogP contribution in [0, 0.1) is 20.8 Å². The quantitative estimate of drug-likeness (QED) is 0.548. The lowest BCUT2D eigenvalue weighted by Crippen LogP contribution is -2.15. The normalized spacial score (nSPS) is 11.0. The van der Waals surface area contributed by atoms with E-state index in [1.54, 1.807) is 47.4 Å². The van der Waals surface area contributed by atoms with Crippen LogP contribution in [0.3, 0.4) is 0 Å². The first-order valence-corrected chi connectivity index (χ1v) is 9.66. The summed E-state index contributed by atoms with van der Waals surface area (Å²) in [4.78, 5) is 17.4. The molecule has 0 aliphatic carbocycles. The van der Waals surface area contributed by atoms with E-state index in [1.807, 2.05) is 13.0 Å². The van der Waals surface area contributed by atoms with Crippen molar-refractivity contribution in [1.29, 1.82) is 0 Å². The number of carbonyl (C=O) groups is 1. The van der Waals surface area contributed by atoms with E-state index in [4.69, 9.17) is 9.72 Å². The Morgan fingerprint density at radius 2 is 1.89 bits per heavy atom. The van der Waals surface area contributed by atoms with Crippen molar-refractivity contribution in [1.82, 2.24) is 14.8 Å². The van der Waals surface area contributed by atoms with Gasteiger partial charge in [-0.05, 0) is 62.2 Å². The maximum atomic E-state index is 12.7. The number of benzene rings is 2. The van der Waals surface area contributed by atoms with Crippen molar-refractivity contribution in [3.63, 3.8) is 0 Å². The topological polar surface area (TPSA) is 69.0 Å². The minimum Gasteiger partial charge on any atom is -0.497 e. The van der Waals surface area contributed by atoms with Gasteiger partial charge in [0.1, 0.15) is 11.6 Å². The first-order valence-electron chi connectivity index (χ1n) is 8.85. The number of aryl methyl sites for hydroxylation is 3. The zero-order valence-corrected chi connectivity index (χ0v) is 16.9. The van der Waals surface area contributed by atoms with Crippen LogP contribution >= 0.6 is 11.3 Å². The van der Waals surface area contributed by atoms with Crippen molar-refractivity contribution in [3.8, 4) is 10.9 Å². The SMILES string of the molecule is COc1cccc(C(=O)Nc2cc(C)nn2-c2nc3cc(C)c(C)cc3s2)c1. The van der Waals surface area contributed by atoms with E-state index in [0.29, 0.717) is 22.3 Å². The molecule has 0 spiro atoms. The molecular formula is C21H20N4O2S. The summed E-state index contributed by atoms with van der Waals surface area (Å²) in [6.07, 6.45) is 0. The fraction of sp³-hybridized carbons (Fsp3) is 0.190. The molecule has 2 heterocycles. The van der Waals surface area contributed by atoms with Crippen molar-refractivity contribution >= 4 is 33.3 Å². The highest BCUT2D eigenvalue weighted by molar-refractivity contribution is 7.20. The summed E-state index contributed by atoms with van der Waals surface area (Å²) < 4.78 is 7.98. The number of hydrogen-bond acceptors (Lipinski definition) is 5. The molecule has 0 saturated heterocycles. The highest BCUT2D eigenvalue weighted by atomic mass is 32.1. The molecule has 0 aliphatic rings. The molecular weight excluding hydrogens is 372 g/mol. The molecule has 4 rings (SSSR count). The first kappa shape index (κ1) is 18.2. The fourth-order valence-corrected chi connectivity index (χ4v) is 3.96. The maximum Gasteiger partial charge on any atom is 0.256 e. The van der Waals surface area contributed by atoms with E-state index < -0.39 is 0 Å². The Kier molecular flexibility index (Phi) is 4.60. The second-order valence-electron chi connectivity index (χ2n) is 6.67. The van der Waals surface area contributed by atoms with Gasteiger partial charge in [0.15, 0.2) is 0 Å². The molecule has 0 radical (unpaired) electrons. The number of hydrogen-bond donors (Lipinski definition) is 1. The highest BCUT2D eigenvalue weighted by Gasteiger charge is 2.16. The number of ether oxygens (including phenoxy) is 1. The number of fused-ring (bicyclic) bond motifs is 1. The lowest BCUT2D eigenvalue weighted by Gasteiger charge is -2.07. The van der Waals surface area contributed by atoms with Crippen LogP contribution in [0.15, 0.2) is 42.5 Å². The minimum absolute atomic E-state index is 0.229. The summed E-state index contributed by atoms with van der Waals surface area (Å²) in [5.41, 5.74) is 4.67. The number of nitrogens with one attached hydrogen (secondary N) is 1. The number of anilines is 1. The molecule has 0 unspecified atom stereocenters. The van der Waals surface area contributed by atoms with Gasteiger partial charge in [-0.25, -0.2) is 4.98 Å². The van der Waals surface area contributed by atoms with Crippen LogP contribution in [0.1, 0.15) is 27.2 Å². The fourth-order valence-electron chi connectivity index (χ4n) is 2.95. The van der Waals surface area contributed by atoms with Crippen LogP contribution in [-0.2, 0) is 0 Å². The third-order valence-corrected chi connectivity index (χ3v) is 5.57. The molecule has 1 N–H and O–H groups in total. The Hall–Kier alpha value is -3.19. The maximum absolute atomic E-state index is 12.7. The Morgan fingerprint density at radius 3 is 2.68 bits per heavy atom. The van der Waals surface area contributed by atoms with Gasteiger partial charge in [0.05, 0.1) is 23.0 Å². The van der Waals surface area contributed by atoms with Gasteiger partial charge in [0.2, 0.25) is 5.13 Å². The van der Waals surface area contributed by atoms with E-state index in [-0.39, 0.29) is 5.91 Å². The van der Waals surface area contributed by atoms with Crippen LogP contribution in [-0.4, -0.2) is 27.8 Å². The van der Waals surface area contributed by atoms with Crippen LogP contribution in [0.5, 0.6) is 5.75 Å². The van der Waals surface area contributed by atoms with Gasteiger partial charge in [0, 0.05) is 11.6 Å². The van der Waals surface area contributed by atoms with Gasteiger partial charge in [-0.2, -0.15) is 9.78 Å². The second kappa shape index (κ2) is 7.09. The Labute approximate surface area is 166 Å². The number of nitrogens with zero attached hydrogens (tertiary/aromatic N) is 3. The van der Waals surface area contributed by atoms with Crippen molar-refractivity contribution in [2.45, 2.75) is 20.8 Å². The third-order valence-electron chi connectivity index (χ3n) is 4.58. The lowest BCUT2D eigenvalue weighted by molar-refractivity contribution is 0.102. The second-order valence-corrected chi connectivity index (χ2v) is 7.68. The molecule has 28 heavy (non-hydrogen) atoms. The standard InChI is InChI=1S/C21H20N4O2S/c1-12-8-17-18(9-13(12)2)28-21(22-17)25-19(10-14(3)24-25)23-20(26)15-6-5-7-16(11-15)27-4/h5-11H,1-4H3,(H,23,26). The van der Waals surface area contributed by atoms with Crippen LogP contribution in [0.25, 0.3) is 15.3 Å². The van der Waals surface area contributed by atoms with Gasteiger partial charge >= 0.3 is 0 Å². The summed E-state index contributed by atoms with van der Waals surface area (Å²) in [6.45, 7) is 6.05. The number of aromatic nitrogens is 3. The predicted octanol–water partition coefficient (Wildman–Crippen LogP) is 4.67. The Bertz CT molecular complexity index is 1150. The zero-order chi connectivity index (χ0) is 19.8. The minimum atomic E-state index is -0.229. The van der Waals surface area contributed by atoms with E-state index in [2.05, 4.69) is 36.4 Å².